The second kappa shape index (κ2) is 11.7. The number of carbonyl (C=O) groups is 2. The Labute approximate surface area is 198 Å². The summed E-state index contributed by atoms with van der Waals surface area (Å²) in [5, 5.41) is 0. The molecule has 0 atom stereocenters. The number of hydrogen-bond donors (Lipinski definition) is 0. The van der Waals surface area contributed by atoms with Crippen molar-refractivity contribution in [1.82, 2.24) is 9.80 Å². The van der Waals surface area contributed by atoms with Gasteiger partial charge in [0.05, 0.1) is 13.2 Å². The van der Waals surface area contributed by atoms with Crippen molar-refractivity contribution in [1.29, 1.82) is 0 Å². The predicted molar refractivity (Wildman–Crippen MR) is 129 cm³/mol. The van der Waals surface area contributed by atoms with Gasteiger partial charge in [-0.1, -0.05) is 30.3 Å². The van der Waals surface area contributed by atoms with E-state index >= 15 is 0 Å². The van der Waals surface area contributed by atoms with Gasteiger partial charge in [-0.25, -0.2) is 4.39 Å². The van der Waals surface area contributed by atoms with E-state index in [9.17, 15) is 14.0 Å². The van der Waals surface area contributed by atoms with E-state index in [4.69, 9.17) is 4.74 Å². The number of amides is 2. The van der Waals surface area contributed by atoms with E-state index in [1.165, 1.54) is 17.0 Å². The van der Waals surface area contributed by atoms with Gasteiger partial charge in [0.1, 0.15) is 12.4 Å². The molecule has 1 aromatic heterocycles. The van der Waals surface area contributed by atoms with Crippen LogP contribution < -0.4 is 0 Å². The van der Waals surface area contributed by atoms with E-state index in [-0.39, 0.29) is 24.2 Å². The monoisotopic (exact) mass is 468 g/mol. The lowest BCUT2D eigenvalue weighted by Gasteiger charge is -2.28. The number of hydrogen-bond acceptors (Lipinski definition) is 4. The van der Waals surface area contributed by atoms with Gasteiger partial charge in [0.2, 0.25) is 5.91 Å². The molecule has 2 aromatic carbocycles. The summed E-state index contributed by atoms with van der Waals surface area (Å²) in [6, 6.07) is 17.5. The first-order valence-electron chi connectivity index (χ1n) is 10.8. The van der Waals surface area contributed by atoms with Gasteiger partial charge in [-0.2, -0.15) is 0 Å². The Balaban J connectivity index is 1.82. The van der Waals surface area contributed by atoms with Crippen LogP contribution in [0.25, 0.3) is 0 Å². The Morgan fingerprint density at radius 1 is 0.939 bits per heavy atom. The third-order valence-electron chi connectivity index (χ3n) is 5.34. The van der Waals surface area contributed by atoms with Crippen LogP contribution in [0.1, 0.15) is 31.2 Å². The maximum atomic E-state index is 13.4. The molecule has 174 valence electrons. The van der Waals surface area contributed by atoms with Crippen molar-refractivity contribution in [3.63, 3.8) is 0 Å². The number of benzene rings is 2. The molecule has 2 amide bonds. The van der Waals surface area contributed by atoms with Gasteiger partial charge in [0.15, 0.2) is 0 Å². The molecular weight excluding hydrogens is 439 g/mol. The fraction of sp³-hybridized carbons (Fsp3) is 0.308. The lowest BCUT2D eigenvalue weighted by atomic mass is 10.1. The summed E-state index contributed by atoms with van der Waals surface area (Å²) in [7, 11) is 1.57. The van der Waals surface area contributed by atoms with Crippen LogP contribution in [0.15, 0.2) is 60.7 Å². The van der Waals surface area contributed by atoms with Crippen molar-refractivity contribution in [3.05, 3.63) is 92.9 Å². The first-order valence-corrected chi connectivity index (χ1v) is 11.6. The molecule has 1 heterocycles. The van der Waals surface area contributed by atoms with Crippen LogP contribution in [-0.2, 0) is 22.6 Å². The minimum Gasteiger partial charge on any atom is -0.383 e. The van der Waals surface area contributed by atoms with Crippen molar-refractivity contribution < 1.29 is 18.7 Å². The summed E-state index contributed by atoms with van der Waals surface area (Å²) in [6.45, 7) is 5.21. The summed E-state index contributed by atoms with van der Waals surface area (Å²) in [5.74, 6) is -0.698. The highest BCUT2D eigenvalue weighted by Crippen LogP contribution is 2.19. The number of aryl methyl sites for hydroxylation is 2. The first-order chi connectivity index (χ1) is 15.9. The summed E-state index contributed by atoms with van der Waals surface area (Å²) in [5.41, 5.74) is 2.25. The van der Waals surface area contributed by atoms with E-state index in [1.54, 1.807) is 41.5 Å². The summed E-state index contributed by atoms with van der Waals surface area (Å²) in [6.07, 6.45) is 0. The van der Waals surface area contributed by atoms with Crippen molar-refractivity contribution >= 4 is 23.2 Å². The molecule has 0 radical (unpaired) electrons. The maximum Gasteiger partial charge on any atom is 0.254 e. The maximum absolute atomic E-state index is 13.4. The Morgan fingerprint density at radius 3 is 2.30 bits per heavy atom. The lowest BCUT2D eigenvalue weighted by molar-refractivity contribution is -0.133. The normalized spacial score (nSPS) is 10.8. The summed E-state index contributed by atoms with van der Waals surface area (Å²) >= 11 is 1.63. The van der Waals surface area contributed by atoms with Crippen LogP contribution in [0.3, 0.4) is 0 Å². The molecule has 0 saturated heterocycles. The van der Waals surface area contributed by atoms with Crippen molar-refractivity contribution in [2.45, 2.75) is 26.9 Å². The quantitative estimate of drug-likeness (QED) is 0.429. The van der Waals surface area contributed by atoms with E-state index < -0.39 is 0 Å². The molecule has 0 bridgehead atoms. The summed E-state index contributed by atoms with van der Waals surface area (Å²) in [4.78, 5) is 32.1. The Kier molecular flexibility index (Phi) is 8.74. The van der Waals surface area contributed by atoms with Crippen LogP contribution in [0.2, 0.25) is 0 Å². The number of thiophene rings is 1. The van der Waals surface area contributed by atoms with Crippen LogP contribution in [0.4, 0.5) is 4.39 Å². The second-order valence-electron chi connectivity index (χ2n) is 7.92. The Hall–Kier alpha value is -3.03. The van der Waals surface area contributed by atoms with Gasteiger partial charge in [-0.3, -0.25) is 9.59 Å². The third kappa shape index (κ3) is 6.97. The topological polar surface area (TPSA) is 49.9 Å². The SMILES string of the molecule is COCCN(CC(=O)N(Cc1ccc(F)cc1)Cc1ccc(C)s1)C(=O)c1ccccc1C. The smallest absolute Gasteiger partial charge is 0.254 e. The highest BCUT2D eigenvalue weighted by atomic mass is 32.1. The lowest BCUT2D eigenvalue weighted by Crippen LogP contribution is -2.43. The fourth-order valence-corrected chi connectivity index (χ4v) is 4.41. The van der Waals surface area contributed by atoms with Gasteiger partial charge in [0.25, 0.3) is 5.91 Å². The number of carbonyl (C=O) groups excluding carboxylic acids is 2. The highest BCUT2D eigenvalue weighted by molar-refractivity contribution is 7.11. The predicted octanol–water partition coefficient (Wildman–Crippen LogP) is 4.82. The molecule has 0 aliphatic heterocycles. The fourth-order valence-electron chi connectivity index (χ4n) is 3.50. The molecule has 3 rings (SSSR count). The Bertz CT molecular complexity index is 1080. The van der Waals surface area contributed by atoms with Crippen molar-refractivity contribution in [2.75, 3.05) is 26.8 Å². The first kappa shape index (κ1) is 24.6. The molecule has 3 aromatic rings. The number of ether oxygens (including phenoxy) is 1. The van der Waals surface area contributed by atoms with Gasteiger partial charge < -0.3 is 14.5 Å². The molecule has 0 saturated carbocycles. The van der Waals surface area contributed by atoms with Gasteiger partial charge in [0, 0.05) is 35.5 Å². The zero-order valence-electron chi connectivity index (χ0n) is 19.2. The van der Waals surface area contributed by atoms with Gasteiger partial charge in [-0.15, -0.1) is 11.3 Å². The standard InChI is InChI=1S/C26H29FN2O3S/c1-19-6-4-5-7-24(19)26(31)28(14-15-32-3)18-25(30)29(17-23-13-8-20(2)33-23)16-21-9-11-22(27)12-10-21/h4-13H,14-18H2,1-3H3. The minimum absolute atomic E-state index is 0.0674. The molecule has 0 aliphatic carbocycles. The van der Waals surface area contributed by atoms with Crippen LogP contribution in [-0.4, -0.2) is 48.4 Å². The molecular formula is C26H29FN2O3S. The van der Waals surface area contributed by atoms with E-state index in [2.05, 4.69) is 0 Å². The van der Waals surface area contributed by atoms with Crippen molar-refractivity contribution in [3.8, 4) is 0 Å². The minimum atomic E-state index is -0.319. The number of nitrogens with zero attached hydrogens (tertiary/aromatic N) is 2. The molecule has 0 unspecified atom stereocenters. The van der Waals surface area contributed by atoms with Crippen LogP contribution in [0.5, 0.6) is 0 Å². The van der Waals surface area contributed by atoms with Gasteiger partial charge >= 0.3 is 0 Å². The van der Waals surface area contributed by atoms with E-state index in [0.717, 1.165) is 20.9 Å². The molecule has 0 N–H and O–H groups in total. The third-order valence-corrected chi connectivity index (χ3v) is 6.32. The molecule has 5 nitrogen and oxygen atoms in total. The van der Waals surface area contributed by atoms with Gasteiger partial charge in [-0.05, 0) is 55.3 Å². The van der Waals surface area contributed by atoms with Crippen LogP contribution in [0, 0.1) is 19.7 Å². The highest BCUT2D eigenvalue weighted by Gasteiger charge is 2.24. The average molecular weight is 469 g/mol. The summed E-state index contributed by atoms with van der Waals surface area (Å²) < 4.78 is 18.6. The molecule has 0 spiro atoms. The molecule has 33 heavy (non-hydrogen) atoms. The van der Waals surface area contributed by atoms with Crippen LogP contribution >= 0.6 is 11.3 Å². The Morgan fingerprint density at radius 2 is 1.67 bits per heavy atom. The number of rotatable bonds is 10. The van der Waals surface area contributed by atoms with E-state index in [0.29, 0.717) is 31.8 Å². The zero-order valence-corrected chi connectivity index (χ0v) is 20.0. The molecule has 0 aliphatic rings. The second-order valence-corrected chi connectivity index (χ2v) is 9.30. The molecule has 0 fully saturated rings. The van der Waals surface area contributed by atoms with Crippen molar-refractivity contribution in [2.24, 2.45) is 0 Å². The zero-order chi connectivity index (χ0) is 23.8. The molecule has 7 heteroatoms. The largest absolute Gasteiger partial charge is 0.383 e. The average Bonchev–Trinajstić information content (AvgIpc) is 3.22. The number of halogens is 1. The van der Waals surface area contributed by atoms with E-state index in [1.807, 2.05) is 44.2 Å². The number of methoxy groups -OCH3 is 1.